The van der Waals surface area contributed by atoms with Crippen molar-refractivity contribution in [2.45, 2.75) is 11.8 Å². The Balaban J connectivity index is 1.55. The first-order chi connectivity index (χ1) is 15.4. The highest BCUT2D eigenvalue weighted by Crippen LogP contribution is 2.36. The Labute approximate surface area is 185 Å². The number of nitrogens with zero attached hydrogens (tertiary/aromatic N) is 1. The molecule has 1 N–H and O–H groups in total. The van der Waals surface area contributed by atoms with Crippen LogP contribution in [0.3, 0.4) is 0 Å². The van der Waals surface area contributed by atoms with Crippen LogP contribution in [0.15, 0.2) is 46.9 Å². The molecule has 170 valence electrons. The smallest absolute Gasteiger partial charge is 0.255 e. The van der Waals surface area contributed by atoms with Gasteiger partial charge in [-0.15, -0.1) is 0 Å². The maximum atomic E-state index is 14.4. The van der Waals surface area contributed by atoms with Crippen LogP contribution in [0.1, 0.15) is 12.5 Å². The van der Waals surface area contributed by atoms with Gasteiger partial charge in [0, 0.05) is 24.3 Å². The summed E-state index contributed by atoms with van der Waals surface area (Å²) in [5, 5.41) is 2.63. The molecular weight excluding hydrogens is 439 g/mol. The number of nitrogens with one attached hydrogen (secondary N) is 1. The van der Waals surface area contributed by atoms with Gasteiger partial charge in [0.15, 0.2) is 11.5 Å². The summed E-state index contributed by atoms with van der Waals surface area (Å²) < 4.78 is 57.7. The van der Waals surface area contributed by atoms with Crippen molar-refractivity contribution in [1.82, 2.24) is 4.31 Å². The summed E-state index contributed by atoms with van der Waals surface area (Å²) in [6.07, 6.45) is 1.69. The third-order valence-corrected chi connectivity index (χ3v) is 6.99. The van der Waals surface area contributed by atoms with E-state index in [9.17, 15) is 17.6 Å². The second kappa shape index (κ2) is 9.27. The molecule has 0 saturated carbocycles. The molecular formula is C22H23FN2O6S. The van der Waals surface area contributed by atoms with Gasteiger partial charge in [0.1, 0.15) is 17.3 Å². The lowest BCUT2D eigenvalue weighted by Crippen LogP contribution is -2.40. The van der Waals surface area contributed by atoms with Gasteiger partial charge in [-0.3, -0.25) is 4.79 Å². The lowest BCUT2D eigenvalue weighted by atomic mass is 10.1. The number of hydrogen-bond donors (Lipinski definition) is 1. The third-order valence-electron chi connectivity index (χ3n) is 5.08. The maximum absolute atomic E-state index is 14.4. The quantitative estimate of drug-likeness (QED) is 0.710. The Bertz CT molecular complexity index is 1160. The zero-order valence-corrected chi connectivity index (χ0v) is 18.3. The molecule has 2 aromatic carbocycles. The Kier molecular flexibility index (Phi) is 6.45. The van der Waals surface area contributed by atoms with E-state index in [1.807, 2.05) is 6.92 Å². The van der Waals surface area contributed by atoms with Crippen LogP contribution < -0.4 is 14.8 Å². The number of para-hydroxylation sites is 1. The minimum absolute atomic E-state index is 0.0169. The standard InChI is InChI=1S/C22H23FN2O6S/c1-2-30-19-5-3-4-15-12-16(14-31-21(15)19)22(26)24-17-6-7-18(23)20(13-17)32(27,28)25-8-10-29-11-9-25/h3-7,12-13H,2,8-11,14H2,1H3,(H,24,26). The molecule has 1 fully saturated rings. The molecule has 2 aliphatic rings. The highest BCUT2D eigenvalue weighted by molar-refractivity contribution is 7.89. The molecule has 0 spiro atoms. The van der Waals surface area contributed by atoms with Crippen LogP contribution in [0.25, 0.3) is 6.08 Å². The molecule has 2 aliphatic heterocycles. The molecule has 4 rings (SSSR count). The first kappa shape index (κ1) is 22.3. The number of anilines is 1. The molecule has 8 nitrogen and oxygen atoms in total. The largest absolute Gasteiger partial charge is 0.490 e. The number of ether oxygens (including phenoxy) is 3. The predicted molar refractivity (Wildman–Crippen MR) is 116 cm³/mol. The molecule has 0 aromatic heterocycles. The minimum atomic E-state index is -4.05. The minimum Gasteiger partial charge on any atom is -0.490 e. The van der Waals surface area contributed by atoms with E-state index in [1.54, 1.807) is 24.3 Å². The average Bonchev–Trinajstić information content (AvgIpc) is 2.81. The zero-order valence-electron chi connectivity index (χ0n) is 17.5. The molecule has 0 aliphatic carbocycles. The molecule has 1 amide bonds. The first-order valence-electron chi connectivity index (χ1n) is 10.2. The Morgan fingerprint density at radius 1 is 1.22 bits per heavy atom. The van der Waals surface area contributed by atoms with Crippen LogP contribution in [-0.2, 0) is 19.6 Å². The molecule has 0 bridgehead atoms. The summed E-state index contributed by atoms with van der Waals surface area (Å²) in [6, 6.07) is 8.86. The Morgan fingerprint density at radius 2 is 2.00 bits per heavy atom. The summed E-state index contributed by atoms with van der Waals surface area (Å²) in [5.41, 5.74) is 1.20. The van der Waals surface area contributed by atoms with E-state index in [0.717, 1.165) is 12.1 Å². The molecule has 0 atom stereocenters. The fourth-order valence-corrected chi connectivity index (χ4v) is 5.00. The van der Waals surface area contributed by atoms with Gasteiger partial charge < -0.3 is 19.5 Å². The first-order valence-corrected chi connectivity index (χ1v) is 11.6. The summed E-state index contributed by atoms with van der Waals surface area (Å²) in [7, 11) is -4.05. The van der Waals surface area contributed by atoms with Crippen LogP contribution in [0, 0.1) is 5.82 Å². The van der Waals surface area contributed by atoms with Crippen molar-refractivity contribution < 1.29 is 31.8 Å². The van der Waals surface area contributed by atoms with E-state index in [1.165, 1.54) is 10.4 Å². The van der Waals surface area contributed by atoms with E-state index in [2.05, 4.69) is 5.32 Å². The van der Waals surface area contributed by atoms with Gasteiger partial charge in [0.25, 0.3) is 5.91 Å². The van der Waals surface area contributed by atoms with Crippen molar-refractivity contribution in [3.8, 4) is 11.5 Å². The molecule has 0 unspecified atom stereocenters. The number of morpholine rings is 1. The number of halogens is 1. The van der Waals surface area contributed by atoms with Crippen molar-refractivity contribution in [1.29, 1.82) is 0 Å². The second-order valence-electron chi connectivity index (χ2n) is 7.18. The van der Waals surface area contributed by atoms with Gasteiger partial charge in [-0.1, -0.05) is 12.1 Å². The average molecular weight is 462 g/mol. The van der Waals surface area contributed by atoms with Crippen molar-refractivity contribution in [3.63, 3.8) is 0 Å². The van der Waals surface area contributed by atoms with Crippen molar-refractivity contribution >= 4 is 27.7 Å². The van der Waals surface area contributed by atoms with Crippen molar-refractivity contribution in [2.75, 3.05) is 44.8 Å². The molecule has 2 aromatic rings. The van der Waals surface area contributed by atoms with Gasteiger partial charge in [-0.25, -0.2) is 12.8 Å². The Hall–Kier alpha value is -2.95. The zero-order chi connectivity index (χ0) is 22.7. The molecule has 10 heteroatoms. The van der Waals surface area contributed by atoms with Gasteiger partial charge in [-0.2, -0.15) is 4.31 Å². The van der Waals surface area contributed by atoms with Gasteiger partial charge in [0.2, 0.25) is 10.0 Å². The van der Waals surface area contributed by atoms with E-state index >= 15 is 0 Å². The van der Waals surface area contributed by atoms with Crippen LogP contribution in [0.4, 0.5) is 10.1 Å². The number of rotatable bonds is 6. The lowest BCUT2D eigenvalue weighted by Gasteiger charge is -2.26. The molecule has 1 saturated heterocycles. The van der Waals surface area contributed by atoms with Crippen LogP contribution in [0.5, 0.6) is 11.5 Å². The third kappa shape index (κ3) is 4.47. The number of carbonyl (C=O) groups excluding carboxylic acids is 1. The number of benzene rings is 2. The fraction of sp³-hybridized carbons (Fsp3) is 0.318. The van der Waals surface area contributed by atoms with E-state index in [4.69, 9.17) is 14.2 Å². The van der Waals surface area contributed by atoms with E-state index < -0.39 is 26.6 Å². The monoisotopic (exact) mass is 462 g/mol. The molecule has 2 heterocycles. The topological polar surface area (TPSA) is 94.2 Å². The van der Waals surface area contributed by atoms with Crippen LogP contribution in [-0.4, -0.2) is 58.1 Å². The summed E-state index contributed by atoms with van der Waals surface area (Å²) in [5.74, 6) is -0.199. The summed E-state index contributed by atoms with van der Waals surface area (Å²) >= 11 is 0. The SMILES string of the molecule is CCOc1cccc2c1OCC(C(=O)Nc1ccc(F)c(S(=O)(=O)N3CCOCC3)c1)=C2. The normalized spacial score (nSPS) is 16.5. The predicted octanol–water partition coefficient (Wildman–Crippen LogP) is 2.66. The molecule has 32 heavy (non-hydrogen) atoms. The number of fused-ring (bicyclic) bond motifs is 1. The van der Waals surface area contributed by atoms with Gasteiger partial charge in [-0.05, 0) is 37.3 Å². The highest BCUT2D eigenvalue weighted by Gasteiger charge is 2.29. The fourth-order valence-electron chi connectivity index (χ4n) is 3.50. The summed E-state index contributed by atoms with van der Waals surface area (Å²) in [6.45, 7) is 3.15. The van der Waals surface area contributed by atoms with Gasteiger partial charge in [0.05, 0.1) is 25.4 Å². The number of amides is 1. The molecule has 0 radical (unpaired) electrons. The number of hydrogen-bond acceptors (Lipinski definition) is 6. The van der Waals surface area contributed by atoms with Crippen LogP contribution in [0.2, 0.25) is 0 Å². The van der Waals surface area contributed by atoms with E-state index in [0.29, 0.717) is 29.2 Å². The van der Waals surface area contributed by atoms with Crippen molar-refractivity contribution in [3.05, 3.63) is 53.4 Å². The lowest BCUT2D eigenvalue weighted by molar-refractivity contribution is -0.113. The highest BCUT2D eigenvalue weighted by atomic mass is 32.2. The van der Waals surface area contributed by atoms with E-state index in [-0.39, 0.29) is 38.6 Å². The number of carbonyl (C=O) groups is 1. The van der Waals surface area contributed by atoms with Gasteiger partial charge >= 0.3 is 0 Å². The Morgan fingerprint density at radius 3 is 2.75 bits per heavy atom. The van der Waals surface area contributed by atoms with Crippen LogP contribution >= 0.6 is 0 Å². The van der Waals surface area contributed by atoms with Crippen molar-refractivity contribution in [2.24, 2.45) is 0 Å². The number of sulfonamides is 1. The maximum Gasteiger partial charge on any atom is 0.255 e. The summed E-state index contributed by atoms with van der Waals surface area (Å²) in [4.78, 5) is 12.3. The second-order valence-corrected chi connectivity index (χ2v) is 9.09.